The summed E-state index contributed by atoms with van der Waals surface area (Å²) < 4.78 is 30.4. The molecule has 0 saturated carbocycles. The standard InChI is InChI=1S/C24H22N2O4S2/c1-3-30-24(27)22-14-23(18-6-4-17(5-7-18)19-12-13-31-15-19)26(16(22)2)20-8-10-21(11-9-20)32(25,28)29/h4-15H,3H2,1-2H3,(H2,25,28,29). The molecule has 6 nitrogen and oxygen atoms in total. The lowest BCUT2D eigenvalue weighted by atomic mass is 10.0. The number of primary sulfonamides is 1. The van der Waals surface area contributed by atoms with E-state index in [1.807, 2.05) is 41.1 Å². The molecule has 2 aromatic heterocycles. The van der Waals surface area contributed by atoms with Crippen molar-refractivity contribution >= 4 is 27.3 Å². The molecule has 0 saturated heterocycles. The van der Waals surface area contributed by atoms with Gasteiger partial charge in [0.05, 0.1) is 22.8 Å². The zero-order valence-corrected chi connectivity index (χ0v) is 19.2. The third-order valence-corrected chi connectivity index (χ3v) is 6.81. The van der Waals surface area contributed by atoms with Crippen LogP contribution in [0.1, 0.15) is 23.0 Å². The maximum absolute atomic E-state index is 12.6. The highest BCUT2D eigenvalue weighted by molar-refractivity contribution is 7.89. The molecule has 0 amide bonds. The molecule has 0 unspecified atom stereocenters. The van der Waals surface area contributed by atoms with Crippen molar-refractivity contribution < 1.29 is 17.9 Å². The molecular weight excluding hydrogens is 444 g/mol. The number of esters is 1. The summed E-state index contributed by atoms with van der Waals surface area (Å²) >= 11 is 1.64. The Labute approximate surface area is 190 Å². The van der Waals surface area contributed by atoms with Crippen LogP contribution in [0.15, 0.2) is 76.3 Å². The molecular formula is C24H22N2O4S2. The van der Waals surface area contributed by atoms with Crippen LogP contribution in [0.3, 0.4) is 0 Å². The molecule has 0 bridgehead atoms. The summed E-state index contributed by atoms with van der Waals surface area (Å²) in [4.78, 5) is 12.6. The zero-order valence-electron chi connectivity index (χ0n) is 17.6. The smallest absolute Gasteiger partial charge is 0.339 e. The topological polar surface area (TPSA) is 91.4 Å². The molecule has 4 aromatic rings. The van der Waals surface area contributed by atoms with Crippen molar-refractivity contribution in [2.75, 3.05) is 6.61 Å². The maximum Gasteiger partial charge on any atom is 0.339 e. The van der Waals surface area contributed by atoms with Gasteiger partial charge in [-0.15, -0.1) is 0 Å². The molecule has 0 atom stereocenters. The van der Waals surface area contributed by atoms with E-state index >= 15 is 0 Å². The van der Waals surface area contributed by atoms with Crippen molar-refractivity contribution in [2.45, 2.75) is 18.7 Å². The number of thiophene rings is 1. The molecule has 2 N–H and O–H groups in total. The fourth-order valence-corrected chi connectivity index (χ4v) is 4.79. The fourth-order valence-electron chi connectivity index (χ4n) is 3.61. The van der Waals surface area contributed by atoms with E-state index in [0.717, 1.165) is 22.4 Å². The summed E-state index contributed by atoms with van der Waals surface area (Å²) in [6.45, 7) is 3.88. The van der Waals surface area contributed by atoms with Crippen LogP contribution in [-0.2, 0) is 14.8 Å². The third-order valence-electron chi connectivity index (χ3n) is 5.20. The highest BCUT2D eigenvalue weighted by Gasteiger charge is 2.21. The van der Waals surface area contributed by atoms with E-state index in [1.165, 1.54) is 12.1 Å². The Morgan fingerprint density at radius 1 is 1.00 bits per heavy atom. The van der Waals surface area contributed by atoms with E-state index in [9.17, 15) is 13.2 Å². The molecule has 0 fully saturated rings. The first kappa shape index (κ1) is 22.0. The molecule has 4 rings (SSSR count). The Kier molecular flexibility index (Phi) is 6.01. The van der Waals surface area contributed by atoms with Crippen LogP contribution in [0.4, 0.5) is 0 Å². The highest BCUT2D eigenvalue weighted by atomic mass is 32.2. The van der Waals surface area contributed by atoms with E-state index in [4.69, 9.17) is 9.88 Å². The van der Waals surface area contributed by atoms with Crippen molar-refractivity contribution in [1.29, 1.82) is 0 Å². The van der Waals surface area contributed by atoms with Crippen LogP contribution >= 0.6 is 11.3 Å². The molecule has 2 aromatic carbocycles. The third kappa shape index (κ3) is 4.25. The lowest BCUT2D eigenvalue weighted by Gasteiger charge is -2.13. The first-order valence-corrected chi connectivity index (χ1v) is 12.4. The number of nitrogens with two attached hydrogens (primary N) is 1. The van der Waals surface area contributed by atoms with Gasteiger partial charge in [0.25, 0.3) is 0 Å². The van der Waals surface area contributed by atoms with Crippen molar-refractivity contribution in [3.63, 3.8) is 0 Å². The number of sulfonamides is 1. The number of ether oxygens (including phenoxy) is 1. The highest BCUT2D eigenvalue weighted by Crippen LogP contribution is 2.32. The molecule has 0 aliphatic heterocycles. The van der Waals surface area contributed by atoms with Crippen molar-refractivity contribution in [3.05, 3.63) is 82.7 Å². The Bertz CT molecular complexity index is 1350. The van der Waals surface area contributed by atoms with Gasteiger partial charge in [-0.25, -0.2) is 18.4 Å². The van der Waals surface area contributed by atoms with E-state index < -0.39 is 16.0 Å². The minimum Gasteiger partial charge on any atom is -0.462 e. The van der Waals surface area contributed by atoms with Crippen LogP contribution < -0.4 is 5.14 Å². The van der Waals surface area contributed by atoms with Crippen molar-refractivity contribution in [1.82, 2.24) is 4.57 Å². The van der Waals surface area contributed by atoms with Gasteiger partial charge in [0, 0.05) is 11.4 Å². The van der Waals surface area contributed by atoms with Gasteiger partial charge in [-0.05, 0) is 77.7 Å². The van der Waals surface area contributed by atoms with E-state index in [-0.39, 0.29) is 11.5 Å². The van der Waals surface area contributed by atoms with E-state index in [2.05, 4.69) is 11.4 Å². The number of carbonyl (C=O) groups is 1. The number of rotatable bonds is 6. The summed E-state index contributed by atoms with van der Waals surface area (Å²) in [7, 11) is -3.80. The largest absolute Gasteiger partial charge is 0.462 e. The summed E-state index contributed by atoms with van der Waals surface area (Å²) in [5.41, 5.74) is 5.83. The number of hydrogen-bond acceptors (Lipinski definition) is 5. The monoisotopic (exact) mass is 466 g/mol. The normalized spacial score (nSPS) is 11.5. The van der Waals surface area contributed by atoms with Gasteiger partial charge < -0.3 is 9.30 Å². The maximum atomic E-state index is 12.6. The van der Waals surface area contributed by atoms with Gasteiger partial charge in [-0.2, -0.15) is 11.3 Å². The number of nitrogens with zero attached hydrogens (tertiary/aromatic N) is 1. The number of aromatic nitrogens is 1. The van der Waals surface area contributed by atoms with Crippen LogP contribution in [0.25, 0.3) is 28.1 Å². The van der Waals surface area contributed by atoms with Gasteiger partial charge in [-0.1, -0.05) is 24.3 Å². The fraction of sp³-hybridized carbons (Fsp3) is 0.125. The zero-order chi connectivity index (χ0) is 22.9. The number of benzene rings is 2. The number of hydrogen-bond donors (Lipinski definition) is 1. The molecule has 164 valence electrons. The lowest BCUT2D eigenvalue weighted by Crippen LogP contribution is -2.12. The molecule has 32 heavy (non-hydrogen) atoms. The lowest BCUT2D eigenvalue weighted by molar-refractivity contribution is 0.0525. The quantitative estimate of drug-likeness (QED) is 0.405. The van der Waals surface area contributed by atoms with Crippen LogP contribution in [0.5, 0.6) is 0 Å². The Balaban J connectivity index is 1.84. The minimum atomic E-state index is -3.80. The summed E-state index contributed by atoms with van der Waals surface area (Å²) in [5, 5.41) is 9.36. The Morgan fingerprint density at radius 2 is 1.66 bits per heavy atom. The van der Waals surface area contributed by atoms with Crippen molar-refractivity contribution in [3.8, 4) is 28.1 Å². The van der Waals surface area contributed by atoms with Gasteiger partial charge in [0.15, 0.2) is 0 Å². The van der Waals surface area contributed by atoms with Gasteiger partial charge in [0.2, 0.25) is 10.0 Å². The van der Waals surface area contributed by atoms with E-state index in [1.54, 1.807) is 36.5 Å². The van der Waals surface area contributed by atoms with Gasteiger partial charge in [-0.3, -0.25) is 0 Å². The second-order valence-corrected chi connectivity index (χ2v) is 9.55. The Hall–Kier alpha value is -3.20. The predicted molar refractivity (Wildman–Crippen MR) is 127 cm³/mol. The second-order valence-electron chi connectivity index (χ2n) is 7.21. The second kappa shape index (κ2) is 8.74. The first-order chi connectivity index (χ1) is 15.3. The van der Waals surface area contributed by atoms with Crippen LogP contribution in [0, 0.1) is 6.92 Å². The minimum absolute atomic E-state index is 0.0262. The summed E-state index contributed by atoms with van der Waals surface area (Å²) in [6, 6.07) is 18.2. The van der Waals surface area contributed by atoms with E-state index in [0.29, 0.717) is 16.9 Å². The predicted octanol–water partition coefficient (Wildman–Crippen LogP) is 5.01. The average molecular weight is 467 g/mol. The van der Waals surface area contributed by atoms with Gasteiger partial charge >= 0.3 is 5.97 Å². The molecule has 2 heterocycles. The average Bonchev–Trinajstić information content (AvgIpc) is 3.42. The van der Waals surface area contributed by atoms with Gasteiger partial charge in [0.1, 0.15) is 0 Å². The molecule has 0 aliphatic carbocycles. The summed E-state index contributed by atoms with van der Waals surface area (Å²) in [5.74, 6) is -0.402. The van der Waals surface area contributed by atoms with Crippen LogP contribution in [0.2, 0.25) is 0 Å². The molecule has 0 spiro atoms. The van der Waals surface area contributed by atoms with Crippen LogP contribution in [-0.4, -0.2) is 25.6 Å². The molecule has 0 radical (unpaired) electrons. The Morgan fingerprint density at radius 3 is 2.22 bits per heavy atom. The first-order valence-electron chi connectivity index (χ1n) is 9.95. The molecule has 0 aliphatic rings. The summed E-state index contributed by atoms with van der Waals surface area (Å²) in [6.07, 6.45) is 0. The number of carbonyl (C=O) groups excluding carboxylic acids is 1. The molecule has 8 heteroatoms. The van der Waals surface area contributed by atoms with Crippen molar-refractivity contribution in [2.24, 2.45) is 5.14 Å². The SMILES string of the molecule is CCOC(=O)c1cc(-c2ccc(-c3ccsc3)cc2)n(-c2ccc(S(N)(=O)=O)cc2)c1C.